The van der Waals surface area contributed by atoms with Gasteiger partial charge in [0.05, 0.1) is 24.9 Å². The number of hydrogen-bond donors (Lipinski definition) is 1. The van der Waals surface area contributed by atoms with Crippen molar-refractivity contribution in [2.24, 2.45) is 0 Å². The van der Waals surface area contributed by atoms with E-state index in [4.69, 9.17) is 9.47 Å². The molecular formula is C16H26N2O2. The second kappa shape index (κ2) is 7.04. The Morgan fingerprint density at radius 1 is 1.30 bits per heavy atom. The molecule has 1 aromatic rings. The molecule has 0 saturated heterocycles. The van der Waals surface area contributed by atoms with E-state index in [1.165, 1.54) is 12.8 Å². The minimum absolute atomic E-state index is 0.108. The molecule has 0 aliphatic heterocycles. The normalized spacial score (nSPS) is 18.9. The summed E-state index contributed by atoms with van der Waals surface area (Å²) in [5.41, 5.74) is 1.05. The average Bonchev–Trinajstić information content (AvgIpc) is 2.98. The summed E-state index contributed by atoms with van der Waals surface area (Å²) in [7, 11) is 3.51. The molecule has 0 aromatic carbocycles. The average molecular weight is 278 g/mol. The molecule has 1 fully saturated rings. The third kappa shape index (κ3) is 3.13. The van der Waals surface area contributed by atoms with Crippen molar-refractivity contribution in [3.05, 3.63) is 24.0 Å². The number of nitrogens with one attached hydrogen (secondary N) is 1. The Hall–Kier alpha value is -1.13. The van der Waals surface area contributed by atoms with Gasteiger partial charge in [-0.3, -0.25) is 4.98 Å². The molecule has 1 aliphatic carbocycles. The zero-order valence-corrected chi connectivity index (χ0v) is 12.8. The van der Waals surface area contributed by atoms with Gasteiger partial charge in [0, 0.05) is 13.3 Å². The summed E-state index contributed by atoms with van der Waals surface area (Å²) < 4.78 is 11.3. The summed E-state index contributed by atoms with van der Waals surface area (Å²) in [6, 6.07) is 2.25. The van der Waals surface area contributed by atoms with Gasteiger partial charge in [-0.1, -0.05) is 19.8 Å². The van der Waals surface area contributed by atoms with Gasteiger partial charge in [0.25, 0.3) is 0 Å². The van der Waals surface area contributed by atoms with Gasteiger partial charge in [-0.2, -0.15) is 0 Å². The lowest BCUT2D eigenvalue weighted by atomic mass is 9.87. The zero-order chi connectivity index (χ0) is 14.4. The van der Waals surface area contributed by atoms with Crippen LogP contribution < -0.4 is 10.1 Å². The number of ether oxygens (including phenoxy) is 2. The Balaban J connectivity index is 2.30. The van der Waals surface area contributed by atoms with Crippen molar-refractivity contribution in [1.29, 1.82) is 0 Å². The second-order valence-corrected chi connectivity index (χ2v) is 5.52. The summed E-state index contributed by atoms with van der Waals surface area (Å²) in [5.74, 6) is 0.801. The number of hydrogen-bond acceptors (Lipinski definition) is 4. The Kier molecular flexibility index (Phi) is 5.38. The first kappa shape index (κ1) is 15.3. The van der Waals surface area contributed by atoms with Crippen LogP contribution in [0.3, 0.4) is 0 Å². The first-order valence-electron chi connectivity index (χ1n) is 7.53. The van der Waals surface area contributed by atoms with E-state index in [0.29, 0.717) is 0 Å². The van der Waals surface area contributed by atoms with E-state index < -0.39 is 0 Å². The summed E-state index contributed by atoms with van der Waals surface area (Å²) in [4.78, 5) is 4.30. The van der Waals surface area contributed by atoms with Crippen molar-refractivity contribution in [3.63, 3.8) is 0 Å². The maximum atomic E-state index is 5.95. The van der Waals surface area contributed by atoms with E-state index in [1.54, 1.807) is 13.3 Å². The fraction of sp³-hybridized carbons (Fsp3) is 0.688. The van der Waals surface area contributed by atoms with Gasteiger partial charge in [-0.25, -0.2) is 0 Å². The predicted octanol–water partition coefficient (Wildman–Crippen LogP) is 3.09. The molecule has 0 amide bonds. The Labute approximate surface area is 121 Å². The van der Waals surface area contributed by atoms with Crippen molar-refractivity contribution in [1.82, 2.24) is 10.3 Å². The molecule has 20 heavy (non-hydrogen) atoms. The molecule has 0 radical (unpaired) electrons. The number of pyridine rings is 1. The molecule has 1 unspecified atom stereocenters. The van der Waals surface area contributed by atoms with E-state index in [2.05, 4.69) is 23.3 Å². The van der Waals surface area contributed by atoms with E-state index >= 15 is 0 Å². The molecule has 112 valence electrons. The zero-order valence-electron chi connectivity index (χ0n) is 12.8. The minimum Gasteiger partial charge on any atom is -0.495 e. The molecule has 1 aliphatic rings. The van der Waals surface area contributed by atoms with Crippen molar-refractivity contribution >= 4 is 0 Å². The SMILES string of the molecule is CCCNC(c1cncc(OC)c1)C1(OC)CCCC1. The molecular weight excluding hydrogens is 252 g/mol. The van der Waals surface area contributed by atoms with Crippen LogP contribution in [0.15, 0.2) is 18.5 Å². The predicted molar refractivity (Wildman–Crippen MR) is 80.0 cm³/mol. The van der Waals surface area contributed by atoms with Crippen LogP contribution in [0.25, 0.3) is 0 Å². The first-order chi connectivity index (χ1) is 9.75. The van der Waals surface area contributed by atoms with Gasteiger partial charge in [0.15, 0.2) is 0 Å². The van der Waals surface area contributed by atoms with E-state index in [1.807, 2.05) is 13.3 Å². The third-order valence-electron chi connectivity index (χ3n) is 4.28. The van der Waals surface area contributed by atoms with Gasteiger partial charge < -0.3 is 14.8 Å². The fourth-order valence-corrected chi connectivity index (χ4v) is 3.19. The molecule has 0 spiro atoms. The second-order valence-electron chi connectivity index (χ2n) is 5.52. The molecule has 2 rings (SSSR count). The molecule has 4 heteroatoms. The van der Waals surface area contributed by atoms with Crippen LogP contribution in [-0.4, -0.2) is 31.3 Å². The summed E-state index contributed by atoms with van der Waals surface area (Å²) in [5, 5.41) is 3.65. The van der Waals surface area contributed by atoms with Crippen LogP contribution in [-0.2, 0) is 4.74 Å². The maximum Gasteiger partial charge on any atom is 0.137 e. The quantitative estimate of drug-likeness (QED) is 0.832. The Bertz CT molecular complexity index is 417. The monoisotopic (exact) mass is 278 g/mol. The van der Waals surface area contributed by atoms with Crippen LogP contribution in [0.1, 0.15) is 50.6 Å². The Morgan fingerprint density at radius 3 is 2.65 bits per heavy atom. The van der Waals surface area contributed by atoms with Gasteiger partial charge >= 0.3 is 0 Å². The van der Waals surface area contributed by atoms with Crippen LogP contribution in [0.4, 0.5) is 0 Å². The first-order valence-corrected chi connectivity index (χ1v) is 7.53. The smallest absolute Gasteiger partial charge is 0.137 e. The molecule has 0 bridgehead atoms. The van der Waals surface area contributed by atoms with Crippen molar-refractivity contribution in [3.8, 4) is 5.75 Å². The Morgan fingerprint density at radius 2 is 2.05 bits per heavy atom. The highest BCUT2D eigenvalue weighted by atomic mass is 16.5. The van der Waals surface area contributed by atoms with E-state index in [9.17, 15) is 0 Å². The van der Waals surface area contributed by atoms with E-state index in [0.717, 1.165) is 37.1 Å². The standard InChI is InChI=1S/C16H26N2O2/c1-4-9-18-15(16(20-3)7-5-6-8-16)13-10-14(19-2)12-17-11-13/h10-12,15,18H,4-9H2,1-3H3. The van der Waals surface area contributed by atoms with Gasteiger partial charge in [0.2, 0.25) is 0 Å². The number of aromatic nitrogens is 1. The lowest BCUT2D eigenvalue weighted by Crippen LogP contribution is -2.44. The lowest BCUT2D eigenvalue weighted by Gasteiger charge is -2.37. The molecule has 1 N–H and O–H groups in total. The lowest BCUT2D eigenvalue weighted by molar-refractivity contribution is -0.0368. The van der Waals surface area contributed by atoms with Crippen LogP contribution in [0.2, 0.25) is 0 Å². The highest BCUT2D eigenvalue weighted by molar-refractivity contribution is 5.28. The molecule has 1 aromatic heterocycles. The topological polar surface area (TPSA) is 43.4 Å². The number of rotatable bonds is 7. The van der Waals surface area contributed by atoms with E-state index in [-0.39, 0.29) is 11.6 Å². The number of nitrogens with zero attached hydrogens (tertiary/aromatic N) is 1. The highest BCUT2D eigenvalue weighted by Gasteiger charge is 2.42. The van der Waals surface area contributed by atoms with Crippen LogP contribution in [0.5, 0.6) is 5.75 Å². The minimum atomic E-state index is -0.108. The maximum absolute atomic E-state index is 5.95. The van der Waals surface area contributed by atoms with Gasteiger partial charge in [-0.05, 0) is 37.4 Å². The highest BCUT2D eigenvalue weighted by Crippen LogP contribution is 2.42. The summed E-state index contributed by atoms with van der Waals surface area (Å²) in [6.07, 6.45) is 9.44. The van der Waals surface area contributed by atoms with Crippen LogP contribution in [0, 0.1) is 0 Å². The van der Waals surface area contributed by atoms with Crippen molar-refractivity contribution < 1.29 is 9.47 Å². The summed E-state index contributed by atoms with van der Waals surface area (Å²) >= 11 is 0. The van der Waals surface area contributed by atoms with Crippen molar-refractivity contribution in [2.75, 3.05) is 20.8 Å². The van der Waals surface area contributed by atoms with Crippen molar-refractivity contribution in [2.45, 2.75) is 50.7 Å². The summed E-state index contributed by atoms with van der Waals surface area (Å²) in [6.45, 7) is 3.16. The fourth-order valence-electron chi connectivity index (χ4n) is 3.19. The molecule has 4 nitrogen and oxygen atoms in total. The largest absolute Gasteiger partial charge is 0.495 e. The molecule has 1 atom stereocenters. The molecule has 1 saturated carbocycles. The van der Waals surface area contributed by atoms with Crippen LogP contribution >= 0.6 is 0 Å². The number of methoxy groups -OCH3 is 2. The van der Waals surface area contributed by atoms with Gasteiger partial charge in [0.1, 0.15) is 5.75 Å². The van der Waals surface area contributed by atoms with Gasteiger partial charge in [-0.15, -0.1) is 0 Å². The third-order valence-corrected chi connectivity index (χ3v) is 4.28. The molecule has 1 heterocycles.